The summed E-state index contributed by atoms with van der Waals surface area (Å²) in [5.41, 5.74) is 0.413. The van der Waals surface area contributed by atoms with Gasteiger partial charge in [-0.05, 0) is 47.9 Å². The van der Waals surface area contributed by atoms with E-state index in [4.69, 9.17) is 9.84 Å². The Hall–Kier alpha value is -3.60. The van der Waals surface area contributed by atoms with Crippen molar-refractivity contribution in [2.45, 2.75) is 19.3 Å². The van der Waals surface area contributed by atoms with Gasteiger partial charge in [-0.2, -0.15) is 0 Å². The molecule has 0 fully saturated rings. The van der Waals surface area contributed by atoms with Crippen molar-refractivity contribution in [3.05, 3.63) is 84.4 Å². The summed E-state index contributed by atoms with van der Waals surface area (Å²) < 4.78 is 5.73. The zero-order valence-corrected chi connectivity index (χ0v) is 16.0. The summed E-state index contributed by atoms with van der Waals surface area (Å²) in [6.07, 6.45) is 5.67. The first-order valence-electron chi connectivity index (χ1n) is 9.52. The van der Waals surface area contributed by atoms with Crippen LogP contribution in [0.25, 0.3) is 10.8 Å². The minimum absolute atomic E-state index is 0.0894. The lowest BCUT2D eigenvalue weighted by molar-refractivity contribution is -0.116. The van der Waals surface area contributed by atoms with Gasteiger partial charge in [0.15, 0.2) is 0 Å². The lowest BCUT2D eigenvalue weighted by Gasteiger charge is -2.07. The predicted molar refractivity (Wildman–Crippen MR) is 114 cm³/mol. The third-order valence-electron chi connectivity index (χ3n) is 4.44. The molecule has 0 aromatic heterocycles. The maximum absolute atomic E-state index is 12.0. The van der Waals surface area contributed by atoms with Crippen LogP contribution >= 0.6 is 0 Å². The number of hydrogen-bond acceptors (Lipinski definition) is 3. The quantitative estimate of drug-likeness (QED) is 0.385. The first kappa shape index (κ1) is 20.1. The molecule has 0 radical (unpaired) electrons. The van der Waals surface area contributed by atoms with Crippen LogP contribution in [0.1, 0.15) is 29.6 Å². The van der Waals surface area contributed by atoms with Crippen LogP contribution in [0.15, 0.2) is 78.9 Å². The van der Waals surface area contributed by atoms with E-state index in [0.29, 0.717) is 25.1 Å². The largest absolute Gasteiger partial charge is 0.490 e. The van der Waals surface area contributed by atoms with Crippen molar-refractivity contribution >= 4 is 28.3 Å². The van der Waals surface area contributed by atoms with Crippen molar-refractivity contribution in [1.82, 2.24) is 0 Å². The molecule has 1 amide bonds. The fourth-order valence-corrected chi connectivity index (χ4v) is 2.96. The van der Waals surface area contributed by atoms with Crippen LogP contribution in [0.3, 0.4) is 0 Å². The van der Waals surface area contributed by atoms with E-state index in [-0.39, 0.29) is 11.5 Å². The molecule has 0 spiro atoms. The second-order valence-corrected chi connectivity index (χ2v) is 6.58. The van der Waals surface area contributed by atoms with E-state index in [0.717, 1.165) is 17.6 Å². The lowest BCUT2D eigenvalue weighted by atomic mass is 10.1. The number of fused-ring (bicyclic) bond motifs is 1. The first-order valence-corrected chi connectivity index (χ1v) is 9.52. The topological polar surface area (TPSA) is 75.6 Å². The van der Waals surface area contributed by atoms with E-state index >= 15 is 0 Å². The highest BCUT2D eigenvalue weighted by atomic mass is 16.5. The number of rotatable bonds is 9. The number of carboxylic acids is 1. The van der Waals surface area contributed by atoms with Gasteiger partial charge in [-0.25, -0.2) is 4.79 Å². The fourth-order valence-electron chi connectivity index (χ4n) is 2.96. The molecule has 0 aliphatic heterocycles. The van der Waals surface area contributed by atoms with Gasteiger partial charge in [0.25, 0.3) is 0 Å². The number of benzene rings is 3. The Morgan fingerprint density at radius 1 is 0.931 bits per heavy atom. The second-order valence-electron chi connectivity index (χ2n) is 6.58. The molecule has 2 N–H and O–H groups in total. The highest BCUT2D eigenvalue weighted by Gasteiger charge is 2.11. The average molecular weight is 389 g/mol. The number of nitrogens with one attached hydrogen (secondary N) is 1. The van der Waals surface area contributed by atoms with Crippen molar-refractivity contribution < 1.29 is 19.4 Å². The molecule has 0 aliphatic carbocycles. The van der Waals surface area contributed by atoms with Crippen LogP contribution < -0.4 is 10.1 Å². The summed E-state index contributed by atoms with van der Waals surface area (Å²) in [5.74, 6) is -0.431. The molecule has 0 atom stereocenters. The van der Waals surface area contributed by atoms with Crippen LogP contribution in [0, 0.1) is 0 Å². The van der Waals surface area contributed by atoms with Gasteiger partial charge in [-0.1, -0.05) is 54.6 Å². The number of ether oxygens (including phenoxy) is 1. The molecular weight excluding hydrogens is 366 g/mol. The van der Waals surface area contributed by atoms with Gasteiger partial charge in [-0.15, -0.1) is 0 Å². The van der Waals surface area contributed by atoms with Crippen LogP contribution in [0.5, 0.6) is 5.75 Å². The Morgan fingerprint density at radius 3 is 2.52 bits per heavy atom. The van der Waals surface area contributed by atoms with Gasteiger partial charge in [-0.3, -0.25) is 4.79 Å². The van der Waals surface area contributed by atoms with Crippen LogP contribution in [-0.2, 0) is 4.79 Å². The van der Waals surface area contributed by atoms with E-state index in [1.165, 1.54) is 11.5 Å². The Kier molecular flexibility index (Phi) is 7.00. The van der Waals surface area contributed by atoms with E-state index < -0.39 is 5.97 Å². The third kappa shape index (κ3) is 5.94. The Balaban J connectivity index is 1.37. The summed E-state index contributed by atoms with van der Waals surface area (Å²) in [4.78, 5) is 23.2. The summed E-state index contributed by atoms with van der Waals surface area (Å²) >= 11 is 0. The van der Waals surface area contributed by atoms with Crippen molar-refractivity contribution in [3.63, 3.8) is 0 Å². The van der Waals surface area contributed by atoms with Gasteiger partial charge in [0.2, 0.25) is 5.91 Å². The maximum Gasteiger partial charge on any atom is 0.337 e. The minimum atomic E-state index is -1.06. The van der Waals surface area contributed by atoms with E-state index in [1.807, 2.05) is 42.5 Å². The number of carbonyl (C=O) groups is 2. The number of carboxylic acid groups (broad SMARTS) is 1. The number of carbonyl (C=O) groups excluding carboxylic acids is 1. The van der Waals surface area contributed by atoms with E-state index in [9.17, 15) is 9.59 Å². The molecule has 0 unspecified atom stereocenters. The molecule has 0 heterocycles. The van der Waals surface area contributed by atoms with Crippen molar-refractivity contribution in [2.75, 3.05) is 11.9 Å². The molecule has 3 rings (SSSR count). The molecule has 0 bridgehead atoms. The van der Waals surface area contributed by atoms with Gasteiger partial charge in [0.1, 0.15) is 12.4 Å². The number of unbranched alkanes of at least 4 members (excludes halogenated alkanes) is 1. The second kappa shape index (κ2) is 10.1. The summed E-state index contributed by atoms with van der Waals surface area (Å²) in [5, 5.41) is 14.1. The molecule has 148 valence electrons. The number of anilines is 1. The number of para-hydroxylation sites is 1. The maximum atomic E-state index is 12.0. The Morgan fingerprint density at radius 2 is 1.69 bits per heavy atom. The molecule has 29 heavy (non-hydrogen) atoms. The first-order chi connectivity index (χ1) is 14.1. The molecule has 0 aliphatic rings. The standard InChI is InChI=1S/C24H23NO4/c26-23(25-22-12-7-6-11-21(22)24(27)28)13-3-1-2-8-16-29-20-15-14-18-9-4-5-10-19(18)17-20/h2,4-12,14-15,17H,1,3,13,16H2,(H,25,26)(H,27,28). The van der Waals surface area contributed by atoms with E-state index in [2.05, 4.69) is 17.4 Å². The smallest absolute Gasteiger partial charge is 0.337 e. The lowest BCUT2D eigenvalue weighted by Crippen LogP contribution is -2.14. The van der Waals surface area contributed by atoms with Gasteiger partial charge >= 0.3 is 5.97 Å². The van der Waals surface area contributed by atoms with Crippen molar-refractivity contribution in [2.24, 2.45) is 0 Å². The van der Waals surface area contributed by atoms with Gasteiger partial charge in [0.05, 0.1) is 11.3 Å². The molecular formula is C24H23NO4. The van der Waals surface area contributed by atoms with Crippen molar-refractivity contribution in [1.29, 1.82) is 0 Å². The summed E-state index contributed by atoms with van der Waals surface area (Å²) in [6, 6.07) is 20.5. The van der Waals surface area contributed by atoms with Gasteiger partial charge < -0.3 is 15.2 Å². The molecule has 5 nitrogen and oxygen atoms in total. The van der Waals surface area contributed by atoms with Crippen LogP contribution in [0.2, 0.25) is 0 Å². The minimum Gasteiger partial charge on any atom is -0.490 e. The van der Waals surface area contributed by atoms with Crippen LogP contribution in [0.4, 0.5) is 5.69 Å². The average Bonchev–Trinajstić information content (AvgIpc) is 2.73. The predicted octanol–water partition coefficient (Wildman–Crippen LogP) is 5.28. The Labute approximate surface area is 169 Å². The highest BCUT2D eigenvalue weighted by Crippen LogP contribution is 2.20. The Bertz CT molecular complexity index is 1030. The SMILES string of the molecule is O=C(CCCC=CCOc1ccc2ccccc2c1)Nc1ccccc1C(=O)O. The van der Waals surface area contributed by atoms with E-state index in [1.54, 1.807) is 18.2 Å². The number of hydrogen-bond donors (Lipinski definition) is 2. The molecule has 3 aromatic carbocycles. The monoisotopic (exact) mass is 389 g/mol. The zero-order chi connectivity index (χ0) is 20.5. The number of aromatic carboxylic acids is 1. The number of allylic oxidation sites excluding steroid dienone is 1. The highest BCUT2D eigenvalue weighted by molar-refractivity contribution is 6.00. The van der Waals surface area contributed by atoms with Gasteiger partial charge in [0, 0.05) is 6.42 Å². The van der Waals surface area contributed by atoms with Crippen LogP contribution in [-0.4, -0.2) is 23.6 Å². The number of amides is 1. The third-order valence-corrected chi connectivity index (χ3v) is 4.44. The summed E-state index contributed by atoms with van der Waals surface area (Å²) in [7, 11) is 0. The fraction of sp³-hybridized carbons (Fsp3) is 0.167. The molecule has 0 saturated carbocycles. The molecule has 0 saturated heterocycles. The molecule has 3 aromatic rings. The van der Waals surface area contributed by atoms with Crippen molar-refractivity contribution in [3.8, 4) is 5.75 Å². The summed E-state index contributed by atoms with van der Waals surface area (Å²) in [6.45, 7) is 0.469. The zero-order valence-electron chi connectivity index (χ0n) is 16.0. The normalized spacial score (nSPS) is 10.9. The molecule has 5 heteroatoms.